The average molecular weight is 440 g/mol. The van der Waals surface area contributed by atoms with Gasteiger partial charge in [0.1, 0.15) is 12.4 Å². The highest BCUT2D eigenvalue weighted by Crippen LogP contribution is 2.38. The van der Waals surface area contributed by atoms with Gasteiger partial charge in [-0.05, 0) is 41.6 Å². The lowest BCUT2D eigenvalue weighted by Crippen LogP contribution is -2.38. The predicted octanol–water partition coefficient (Wildman–Crippen LogP) is 3.94. The lowest BCUT2D eigenvalue weighted by atomic mass is 10.2. The van der Waals surface area contributed by atoms with Crippen molar-refractivity contribution in [2.45, 2.75) is 16.9 Å². The number of halogens is 3. The minimum Gasteiger partial charge on any atom is -0.492 e. The Kier molecular flexibility index (Phi) is 8.01. The van der Waals surface area contributed by atoms with E-state index >= 15 is 0 Å². The number of nitrogens with one attached hydrogen (secondary N) is 1. The van der Waals surface area contributed by atoms with E-state index in [1.807, 2.05) is 24.3 Å². The molecule has 3 rings (SSSR count). The molecule has 162 valence electrons. The number of benzene rings is 2. The second kappa shape index (κ2) is 10.7. The maximum absolute atomic E-state index is 12.7. The molecule has 1 aliphatic heterocycles. The highest BCUT2D eigenvalue weighted by Gasteiger charge is 2.31. The van der Waals surface area contributed by atoms with E-state index in [4.69, 9.17) is 9.47 Å². The van der Waals surface area contributed by atoms with E-state index in [0.717, 1.165) is 38.4 Å². The van der Waals surface area contributed by atoms with E-state index in [-0.39, 0.29) is 28.8 Å². The number of amides is 1. The summed E-state index contributed by atoms with van der Waals surface area (Å²) in [7, 11) is 0. The molecule has 1 fully saturated rings. The molecule has 0 atom stereocenters. The number of thioether (sulfide) groups is 1. The van der Waals surface area contributed by atoms with Gasteiger partial charge in [-0.2, -0.15) is 13.2 Å². The fourth-order valence-corrected chi connectivity index (χ4v) is 3.67. The Balaban J connectivity index is 1.52. The zero-order valence-electron chi connectivity index (χ0n) is 16.3. The van der Waals surface area contributed by atoms with Crippen LogP contribution in [0.5, 0.6) is 5.75 Å². The largest absolute Gasteiger partial charge is 0.492 e. The maximum Gasteiger partial charge on any atom is 0.446 e. The zero-order valence-corrected chi connectivity index (χ0v) is 17.1. The molecule has 5 nitrogen and oxygen atoms in total. The molecule has 0 bridgehead atoms. The van der Waals surface area contributed by atoms with Gasteiger partial charge in [0.2, 0.25) is 0 Å². The number of carbonyl (C=O) groups is 1. The van der Waals surface area contributed by atoms with Crippen LogP contribution in [0.15, 0.2) is 53.4 Å². The summed E-state index contributed by atoms with van der Waals surface area (Å²) < 4.78 is 49.2. The Labute approximate surface area is 177 Å². The van der Waals surface area contributed by atoms with E-state index < -0.39 is 11.4 Å². The summed E-state index contributed by atoms with van der Waals surface area (Å²) in [4.78, 5) is 14.6. The smallest absolute Gasteiger partial charge is 0.446 e. The number of ether oxygens (including phenoxy) is 2. The highest BCUT2D eigenvalue weighted by molar-refractivity contribution is 8.00. The number of carbonyl (C=O) groups excluding carboxylic acids is 1. The van der Waals surface area contributed by atoms with Crippen LogP contribution < -0.4 is 10.1 Å². The van der Waals surface area contributed by atoms with Crippen molar-refractivity contribution in [1.82, 2.24) is 10.2 Å². The molecular formula is C21H23F3N2O3S. The van der Waals surface area contributed by atoms with E-state index in [9.17, 15) is 18.0 Å². The van der Waals surface area contributed by atoms with Crippen LogP contribution >= 0.6 is 11.8 Å². The quantitative estimate of drug-likeness (QED) is 0.631. The predicted molar refractivity (Wildman–Crippen MR) is 109 cm³/mol. The molecule has 2 aromatic carbocycles. The number of morpholine rings is 1. The third-order valence-corrected chi connectivity index (χ3v) is 5.30. The van der Waals surface area contributed by atoms with Crippen LogP contribution in [0.3, 0.4) is 0 Å². The summed E-state index contributed by atoms with van der Waals surface area (Å²) in [5.41, 5.74) is -3.66. The van der Waals surface area contributed by atoms with Gasteiger partial charge in [-0.1, -0.05) is 24.3 Å². The van der Waals surface area contributed by atoms with Gasteiger partial charge in [-0.3, -0.25) is 9.69 Å². The molecule has 0 radical (unpaired) electrons. The van der Waals surface area contributed by atoms with Crippen molar-refractivity contribution in [2.75, 3.05) is 39.5 Å². The summed E-state index contributed by atoms with van der Waals surface area (Å²) in [6.07, 6.45) is 0. The first-order valence-corrected chi connectivity index (χ1v) is 10.4. The lowest BCUT2D eigenvalue weighted by molar-refractivity contribution is -0.0328. The molecular weight excluding hydrogens is 417 g/mol. The molecule has 0 unspecified atom stereocenters. The van der Waals surface area contributed by atoms with Crippen molar-refractivity contribution in [3.63, 3.8) is 0 Å². The minimum atomic E-state index is -4.46. The van der Waals surface area contributed by atoms with E-state index in [1.165, 1.54) is 24.3 Å². The molecule has 1 saturated heterocycles. The summed E-state index contributed by atoms with van der Waals surface area (Å²) in [6, 6.07) is 13.0. The van der Waals surface area contributed by atoms with Gasteiger partial charge in [0.25, 0.3) is 5.91 Å². The monoisotopic (exact) mass is 440 g/mol. The number of nitrogens with zero attached hydrogens (tertiary/aromatic N) is 1. The van der Waals surface area contributed by atoms with Gasteiger partial charge in [-0.15, -0.1) is 0 Å². The summed E-state index contributed by atoms with van der Waals surface area (Å²) in [6.45, 7) is 4.78. The Morgan fingerprint density at radius 1 is 1.13 bits per heavy atom. The van der Waals surface area contributed by atoms with E-state index in [1.54, 1.807) is 0 Å². The van der Waals surface area contributed by atoms with Gasteiger partial charge in [-0.25, -0.2) is 0 Å². The van der Waals surface area contributed by atoms with Crippen LogP contribution in [0.2, 0.25) is 0 Å². The fraction of sp³-hybridized carbons (Fsp3) is 0.381. The van der Waals surface area contributed by atoms with Crippen LogP contribution in [0, 0.1) is 0 Å². The van der Waals surface area contributed by atoms with E-state index in [0.29, 0.717) is 12.4 Å². The first kappa shape index (κ1) is 22.5. The van der Waals surface area contributed by atoms with Gasteiger partial charge in [0, 0.05) is 31.1 Å². The normalized spacial score (nSPS) is 15.0. The molecule has 9 heteroatoms. The van der Waals surface area contributed by atoms with Crippen LogP contribution in [-0.2, 0) is 11.3 Å². The van der Waals surface area contributed by atoms with Gasteiger partial charge >= 0.3 is 5.51 Å². The standard InChI is InChI=1S/C21H23F3N2O3S/c22-21(23,24)30-19-7-2-1-6-18(19)20(27)25-15-16-4-3-5-17(14-16)29-13-10-26-8-11-28-12-9-26/h1-7,14H,8-13,15H2,(H,25,27). The SMILES string of the molecule is O=C(NCc1cccc(OCCN2CCOCC2)c1)c1ccccc1SC(F)(F)F. The van der Waals surface area contributed by atoms with Crippen molar-refractivity contribution in [1.29, 1.82) is 0 Å². The van der Waals surface area contributed by atoms with E-state index in [2.05, 4.69) is 10.2 Å². The van der Waals surface area contributed by atoms with Crippen molar-refractivity contribution in [3.05, 3.63) is 59.7 Å². The first-order valence-electron chi connectivity index (χ1n) is 9.55. The third-order valence-electron chi connectivity index (χ3n) is 4.49. The number of hydrogen-bond donors (Lipinski definition) is 1. The lowest BCUT2D eigenvalue weighted by Gasteiger charge is -2.26. The molecule has 1 N–H and O–H groups in total. The van der Waals surface area contributed by atoms with Crippen LogP contribution in [0.4, 0.5) is 13.2 Å². The molecule has 2 aromatic rings. The van der Waals surface area contributed by atoms with Gasteiger partial charge in [0.05, 0.1) is 18.8 Å². The van der Waals surface area contributed by atoms with Crippen LogP contribution in [0.1, 0.15) is 15.9 Å². The van der Waals surface area contributed by atoms with Crippen LogP contribution in [-0.4, -0.2) is 55.8 Å². The molecule has 1 aliphatic rings. The Bertz CT molecular complexity index is 842. The number of rotatable bonds is 8. The third kappa shape index (κ3) is 7.23. The van der Waals surface area contributed by atoms with Gasteiger partial charge in [0.15, 0.2) is 0 Å². The van der Waals surface area contributed by atoms with Crippen molar-refractivity contribution >= 4 is 17.7 Å². The van der Waals surface area contributed by atoms with Crippen LogP contribution in [0.25, 0.3) is 0 Å². The second-order valence-corrected chi connectivity index (χ2v) is 7.78. The summed E-state index contributed by atoms with van der Waals surface area (Å²) >= 11 is -0.292. The Hall–Kier alpha value is -2.23. The minimum absolute atomic E-state index is 0.00209. The molecule has 1 amide bonds. The molecule has 1 heterocycles. The zero-order chi connectivity index (χ0) is 21.4. The Morgan fingerprint density at radius 2 is 1.90 bits per heavy atom. The van der Waals surface area contributed by atoms with Crippen molar-refractivity contribution in [3.8, 4) is 5.75 Å². The highest BCUT2D eigenvalue weighted by atomic mass is 32.2. The molecule has 0 saturated carbocycles. The van der Waals surface area contributed by atoms with Crippen molar-refractivity contribution < 1.29 is 27.4 Å². The maximum atomic E-state index is 12.7. The molecule has 0 spiro atoms. The van der Waals surface area contributed by atoms with Crippen molar-refractivity contribution in [2.24, 2.45) is 0 Å². The second-order valence-electron chi connectivity index (χ2n) is 6.68. The first-order chi connectivity index (χ1) is 14.4. The summed E-state index contributed by atoms with van der Waals surface area (Å²) in [5, 5.41) is 2.68. The molecule has 0 aliphatic carbocycles. The Morgan fingerprint density at radius 3 is 2.67 bits per heavy atom. The molecule has 30 heavy (non-hydrogen) atoms. The van der Waals surface area contributed by atoms with Gasteiger partial charge < -0.3 is 14.8 Å². The summed E-state index contributed by atoms with van der Waals surface area (Å²) in [5.74, 6) is 0.129. The topological polar surface area (TPSA) is 50.8 Å². The average Bonchev–Trinajstić information content (AvgIpc) is 2.72. The number of alkyl halides is 3. The number of hydrogen-bond acceptors (Lipinski definition) is 5. The molecule has 0 aromatic heterocycles. The fourth-order valence-electron chi connectivity index (χ4n) is 3.01.